The van der Waals surface area contributed by atoms with Crippen LogP contribution in [0.2, 0.25) is 0 Å². The molecule has 138 valence electrons. The summed E-state index contributed by atoms with van der Waals surface area (Å²) in [5.41, 5.74) is 8.67. The number of rotatable bonds is 4. The smallest absolute Gasteiger partial charge is 0.339 e. The van der Waals surface area contributed by atoms with E-state index in [9.17, 15) is 9.90 Å². The summed E-state index contributed by atoms with van der Waals surface area (Å²) >= 11 is 0. The third-order valence-corrected chi connectivity index (χ3v) is 5.37. The molecule has 3 rings (SSSR count). The molecule has 0 saturated heterocycles. The van der Waals surface area contributed by atoms with Gasteiger partial charge in [-0.15, -0.1) is 0 Å². The predicted octanol–water partition coefficient (Wildman–Crippen LogP) is 4.58. The molecule has 26 heavy (non-hydrogen) atoms. The number of nitrogens with zero attached hydrogens (tertiary/aromatic N) is 1. The van der Waals surface area contributed by atoms with Crippen LogP contribution in [0, 0.1) is 18.8 Å². The van der Waals surface area contributed by atoms with Crippen molar-refractivity contribution in [3.05, 3.63) is 41.6 Å². The Balaban J connectivity index is 2.08. The predicted molar refractivity (Wildman–Crippen MR) is 104 cm³/mol. The van der Waals surface area contributed by atoms with Crippen LogP contribution in [-0.4, -0.2) is 22.2 Å². The zero-order valence-electron chi connectivity index (χ0n) is 15.6. The minimum atomic E-state index is -1.07. The fourth-order valence-corrected chi connectivity index (χ4v) is 3.99. The fourth-order valence-electron chi connectivity index (χ4n) is 3.99. The van der Waals surface area contributed by atoms with Crippen molar-refractivity contribution >= 4 is 22.6 Å². The Morgan fingerprint density at radius 1 is 1.38 bits per heavy atom. The molecular formula is C21H26N2O3. The Labute approximate surface area is 153 Å². The molecule has 1 aromatic heterocycles. The van der Waals surface area contributed by atoms with Gasteiger partial charge < -0.3 is 15.6 Å². The first-order chi connectivity index (χ1) is 12.3. The standard InChI is InChI=1S/C21H26N2O3/c1-11(2)14-9-8-12(3)10-17(14)26-16-7-5-6-15-19(16)20(22)18(21(24)25)13(4)23-15/h5-7,12,14,17H,1,8-10H2,2-4H3,(H2,22,23)(H,24,25). The maximum Gasteiger partial charge on any atom is 0.339 e. The number of aromatic nitrogens is 1. The van der Waals surface area contributed by atoms with Gasteiger partial charge in [-0.2, -0.15) is 0 Å². The number of anilines is 1. The molecule has 0 bridgehead atoms. The van der Waals surface area contributed by atoms with Crippen molar-refractivity contribution in [2.24, 2.45) is 11.8 Å². The molecule has 0 amide bonds. The number of carboxylic acid groups (broad SMARTS) is 1. The van der Waals surface area contributed by atoms with Gasteiger partial charge in [0.2, 0.25) is 0 Å². The first kappa shape index (κ1) is 18.2. The molecule has 1 fully saturated rings. The molecule has 1 aliphatic carbocycles. The molecule has 0 radical (unpaired) electrons. The van der Waals surface area contributed by atoms with Crippen LogP contribution in [0.5, 0.6) is 5.75 Å². The van der Waals surface area contributed by atoms with E-state index in [4.69, 9.17) is 10.5 Å². The number of ether oxygens (including phenoxy) is 1. The van der Waals surface area contributed by atoms with Crippen LogP contribution in [0.3, 0.4) is 0 Å². The van der Waals surface area contributed by atoms with Gasteiger partial charge in [0.05, 0.1) is 22.3 Å². The Morgan fingerprint density at radius 3 is 2.77 bits per heavy atom. The van der Waals surface area contributed by atoms with E-state index in [1.807, 2.05) is 25.1 Å². The van der Waals surface area contributed by atoms with Gasteiger partial charge in [0.1, 0.15) is 17.4 Å². The lowest BCUT2D eigenvalue weighted by Crippen LogP contribution is -2.34. The van der Waals surface area contributed by atoms with E-state index >= 15 is 0 Å². The van der Waals surface area contributed by atoms with E-state index in [0.29, 0.717) is 34.2 Å². The fraction of sp³-hybridized carbons (Fsp3) is 0.429. The molecular weight excluding hydrogens is 328 g/mol. The van der Waals surface area contributed by atoms with E-state index in [0.717, 1.165) is 18.4 Å². The van der Waals surface area contributed by atoms with E-state index < -0.39 is 5.97 Å². The highest BCUT2D eigenvalue weighted by Gasteiger charge is 2.31. The summed E-state index contributed by atoms with van der Waals surface area (Å²) in [6, 6.07) is 5.54. The average Bonchev–Trinajstić information content (AvgIpc) is 2.54. The van der Waals surface area contributed by atoms with E-state index in [-0.39, 0.29) is 17.4 Å². The molecule has 1 heterocycles. The topological polar surface area (TPSA) is 85.4 Å². The summed E-state index contributed by atoms with van der Waals surface area (Å²) in [5, 5.41) is 10.1. The van der Waals surface area contributed by atoms with Gasteiger partial charge >= 0.3 is 5.97 Å². The molecule has 3 atom stereocenters. The molecule has 2 aromatic rings. The number of benzene rings is 1. The minimum absolute atomic E-state index is 0.0100. The maximum atomic E-state index is 11.6. The van der Waals surface area contributed by atoms with Crippen LogP contribution in [0.25, 0.3) is 10.9 Å². The maximum absolute atomic E-state index is 11.6. The molecule has 0 aliphatic heterocycles. The van der Waals surface area contributed by atoms with Gasteiger partial charge in [-0.1, -0.05) is 25.1 Å². The SMILES string of the molecule is C=C(C)C1CCC(C)CC1Oc1cccc2nc(C)c(C(=O)O)c(N)c12. The molecule has 1 saturated carbocycles. The van der Waals surface area contributed by atoms with Gasteiger partial charge in [-0.05, 0) is 51.2 Å². The number of hydrogen-bond acceptors (Lipinski definition) is 4. The number of hydrogen-bond donors (Lipinski definition) is 2. The highest BCUT2D eigenvalue weighted by molar-refractivity contribution is 6.06. The van der Waals surface area contributed by atoms with Crippen molar-refractivity contribution < 1.29 is 14.6 Å². The third kappa shape index (κ3) is 3.26. The second-order valence-electron chi connectivity index (χ2n) is 7.47. The number of nitrogen functional groups attached to an aromatic ring is 1. The summed E-state index contributed by atoms with van der Waals surface area (Å²) in [5.74, 6) is 0.397. The van der Waals surface area contributed by atoms with Gasteiger partial charge in [-0.25, -0.2) is 4.79 Å². The summed E-state index contributed by atoms with van der Waals surface area (Å²) < 4.78 is 6.39. The van der Waals surface area contributed by atoms with Gasteiger partial charge in [0, 0.05) is 5.92 Å². The van der Waals surface area contributed by atoms with Crippen molar-refractivity contribution in [2.45, 2.75) is 46.1 Å². The lowest BCUT2D eigenvalue weighted by molar-refractivity contribution is 0.0697. The second kappa shape index (κ2) is 6.98. The molecule has 1 aliphatic rings. The number of carbonyl (C=O) groups is 1. The van der Waals surface area contributed by atoms with Crippen molar-refractivity contribution in [3.8, 4) is 5.75 Å². The van der Waals surface area contributed by atoms with E-state index in [1.54, 1.807) is 6.92 Å². The molecule has 3 N–H and O–H groups in total. The average molecular weight is 354 g/mol. The van der Waals surface area contributed by atoms with Crippen molar-refractivity contribution in [1.82, 2.24) is 4.98 Å². The van der Waals surface area contributed by atoms with Crippen LogP contribution >= 0.6 is 0 Å². The molecule has 5 nitrogen and oxygen atoms in total. The monoisotopic (exact) mass is 354 g/mol. The summed E-state index contributed by atoms with van der Waals surface area (Å²) in [7, 11) is 0. The first-order valence-corrected chi connectivity index (χ1v) is 9.03. The third-order valence-electron chi connectivity index (χ3n) is 5.37. The quantitative estimate of drug-likeness (QED) is 0.785. The van der Waals surface area contributed by atoms with Crippen molar-refractivity contribution in [3.63, 3.8) is 0 Å². The molecule has 0 spiro atoms. The highest BCUT2D eigenvalue weighted by Crippen LogP contribution is 2.39. The number of nitrogens with two attached hydrogens (primary N) is 1. The van der Waals surface area contributed by atoms with E-state index in [1.165, 1.54) is 6.42 Å². The Morgan fingerprint density at radius 2 is 2.12 bits per heavy atom. The second-order valence-corrected chi connectivity index (χ2v) is 7.47. The lowest BCUT2D eigenvalue weighted by atomic mass is 9.77. The Bertz CT molecular complexity index is 875. The number of aryl methyl sites for hydroxylation is 1. The summed E-state index contributed by atoms with van der Waals surface area (Å²) in [6.07, 6.45) is 3.17. The minimum Gasteiger partial charge on any atom is -0.489 e. The first-order valence-electron chi connectivity index (χ1n) is 9.03. The summed E-state index contributed by atoms with van der Waals surface area (Å²) in [4.78, 5) is 16.0. The van der Waals surface area contributed by atoms with E-state index in [2.05, 4.69) is 18.5 Å². The van der Waals surface area contributed by atoms with Crippen LogP contribution in [-0.2, 0) is 0 Å². The van der Waals surface area contributed by atoms with Crippen LogP contribution in [0.1, 0.15) is 49.2 Å². The highest BCUT2D eigenvalue weighted by atomic mass is 16.5. The van der Waals surface area contributed by atoms with Crippen LogP contribution < -0.4 is 10.5 Å². The van der Waals surface area contributed by atoms with Gasteiger partial charge in [0.15, 0.2) is 0 Å². The van der Waals surface area contributed by atoms with Crippen LogP contribution in [0.15, 0.2) is 30.4 Å². The van der Waals surface area contributed by atoms with Crippen molar-refractivity contribution in [2.75, 3.05) is 5.73 Å². The van der Waals surface area contributed by atoms with Gasteiger partial charge in [-0.3, -0.25) is 4.98 Å². The normalized spacial score (nSPS) is 23.0. The number of carboxylic acids is 1. The molecule has 3 unspecified atom stereocenters. The van der Waals surface area contributed by atoms with Crippen LogP contribution in [0.4, 0.5) is 5.69 Å². The zero-order chi connectivity index (χ0) is 19.0. The number of pyridine rings is 1. The van der Waals surface area contributed by atoms with Crippen molar-refractivity contribution in [1.29, 1.82) is 0 Å². The Kier molecular flexibility index (Phi) is 4.90. The zero-order valence-corrected chi connectivity index (χ0v) is 15.6. The molecule has 1 aromatic carbocycles. The molecule has 5 heteroatoms. The largest absolute Gasteiger partial charge is 0.489 e. The lowest BCUT2D eigenvalue weighted by Gasteiger charge is -2.35. The summed E-state index contributed by atoms with van der Waals surface area (Å²) in [6.45, 7) is 10.1. The number of aromatic carboxylic acids is 1. The van der Waals surface area contributed by atoms with Gasteiger partial charge in [0.25, 0.3) is 0 Å². The number of fused-ring (bicyclic) bond motifs is 1. The Hall–Kier alpha value is -2.56.